The number of esters is 1. The van der Waals surface area contributed by atoms with Crippen molar-refractivity contribution in [3.8, 4) is 0 Å². The van der Waals surface area contributed by atoms with Crippen molar-refractivity contribution in [2.24, 2.45) is 0 Å². The van der Waals surface area contributed by atoms with Crippen molar-refractivity contribution in [3.63, 3.8) is 0 Å². The molecule has 1 rings (SSSR count). The van der Waals surface area contributed by atoms with Gasteiger partial charge in [-0.1, -0.05) is 0 Å². The first-order chi connectivity index (χ1) is 8.65. The Hall–Kier alpha value is -1.53. The van der Waals surface area contributed by atoms with Crippen LogP contribution in [-0.2, 0) is 19.8 Å². The van der Waals surface area contributed by atoms with E-state index < -0.39 is 5.54 Å². The molecular formula is C12H19N3O3. The smallest absolute Gasteiger partial charge is 0.332 e. The Morgan fingerprint density at radius 3 is 2.83 bits per heavy atom. The summed E-state index contributed by atoms with van der Waals surface area (Å²) in [5, 5.41) is 3.10. The van der Waals surface area contributed by atoms with Crippen LogP contribution in [0.25, 0.3) is 0 Å². The van der Waals surface area contributed by atoms with Crippen LogP contribution < -0.4 is 5.32 Å². The van der Waals surface area contributed by atoms with E-state index in [9.17, 15) is 4.79 Å². The van der Waals surface area contributed by atoms with Crippen molar-refractivity contribution >= 4 is 5.97 Å². The molecule has 0 bridgehead atoms. The minimum atomic E-state index is -1.01. The molecule has 1 N–H and O–H groups in total. The Labute approximate surface area is 107 Å². The quantitative estimate of drug-likeness (QED) is 0.563. The Morgan fingerprint density at radius 2 is 2.28 bits per heavy atom. The van der Waals surface area contributed by atoms with Crippen molar-refractivity contribution in [1.29, 1.82) is 0 Å². The average molecular weight is 253 g/mol. The van der Waals surface area contributed by atoms with Crippen LogP contribution in [0.2, 0.25) is 0 Å². The number of methoxy groups -OCH3 is 1. The number of aromatic nitrogens is 2. The molecule has 0 aromatic carbocycles. The molecule has 18 heavy (non-hydrogen) atoms. The minimum absolute atomic E-state index is 0.320. The molecular weight excluding hydrogens is 234 g/mol. The van der Waals surface area contributed by atoms with Gasteiger partial charge >= 0.3 is 5.97 Å². The van der Waals surface area contributed by atoms with E-state index in [1.807, 2.05) is 0 Å². The monoisotopic (exact) mass is 253 g/mol. The van der Waals surface area contributed by atoms with E-state index in [0.717, 1.165) is 0 Å². The van der Waals surface area contributed by atoms with Gasteiger partial charge in [-0.25, -0.2) is 4.79 Å². The van der Waals surface area contributed by atoms with Gasteiger partial charge in [-0.2, -0.15) is 0 Å². The maximum Gasteiger partial charge on any atom is 0.332 e. The van der Waals surface area contributed by atoms with Gasteiger partial charge in [0.2, 0.25) is 0 Å². The Kier molecular flexibility index (Phi) is 5.67. The maximum absolute atomic E-state index is 12.1. The molecule has 0 fully saturated rings. The maximum atomic E-state index is 12.1. The van der Waals surface area contributed by atoms with Crippen LogP contribution in [0.1, 0.15) is 19.5 Å². The zero-order valence-corrected chi connectivity index (χ0v) is 11.0. The van der Waals surface area contributed by atoms with Crippen molar-refractivity contribution in [2.45, 2.75) is 19.4 Å². The number of nitrogens with zero attached hydrogens (tertiary/aromatic N) is 2. The van der Waals surface area contributed by atoms with Gasteiger partial charge in [0.25, 0.3) is 0 Å². The molecule has 0 aliphatic heterocycles. The fraction of sp³-hybridized carbons (Fsp3) is 0.583. The predicted molar refractivity (Wildman–Crippen MR) is 65.9 cm³/mol. The number of nitrogens with one attached hydrogen (secondary N) is 1. The van der Waals surface area contributed by atoms with Crippen molar-refractivity contribution in [1.82, 2.24) is 15.3 Å². The molecule has 0 saturated carbocycles. The fourth-order valence-electron chi connectivity index (χ4n) is 1.50. The lowest BCUT2D eigenvalue weighted by Gasteiger charge is -2.27. The minimum Gasteiger partial charge on any atom is -0.464 e. The lowest BCUT2D eigenvalue weighted by Crippen LogP contribution is -2.49. The third kappa shape index (κ3) is 3.48. The molecule has 0 amide bonds. The van der Waals surface area contributed by atoms with Gasteiger partial charge < -0.3 is 9.47 Å². The molecule has 100 valence electrons. The fourth-order valence-corrected chi connectivity index (χ4v) is 1.50. The van der Waals surface area contributed by atoms with Gasteiger partial charge in [-0.05, 0) is 13.8 Å². The highest BCUT2D eigenvalue weighted by Gasteiger charge is 2.37. The van der Waals surface area contributed by atoms with Gasteiger partial charge in [0.1, 0.15) is 0 Å². The van der Waals surface area contributed by atoms with Gasteiger partial charge in [-0.3, -0.25) is 15.3 Å². The Morgan fingerprint density at radius 1 is 1.50 bits per heavy atom. The van der Waals surface area contributed by atoms with Gasteiger partial charge in [0.15, 0.2) is 5.54 Å². The molecule has 0 aliphatic carbocycles. The molecule has 0 saturated heterocycles. The summed E-state index contributed by atoms with van der Waals surface area (Å²) in [4.78, 5) is 20.2. The second-order valence-electron chi connectivity index (χ2n) is 3.86. The lowest BCUT2D eigenvalue weighted by molar-refractivity contribution is -0.151. The molecule has 0 radical (unpaired) electrons. The SMILES string of the molecule is CCOC(=O)C(C)(NCCOC)c1cnccn1. The molecule has 0 aliphatic rings. The van der Waals surface area contributed by atoms with E-state index in [0.29, 0.717) is 25.5 Å². The third-order valence-electron chi connectivity index (χ3n) is 2.54. The van der Waals surface area contributed by atoms with E-state index in [1.165, 1.54) is 0 Å². The number of carbonyl (C=O) groups excluding carboxylic acids is 1. The molecule has 6 nitrogen and oxygen atoms in total. The number of rotatable bonds is 7. The second-order valence-corrected chi connectivity index (χ2v) is 3.86. The molecule has 6 heteroatoms. The summed E-state index contributed by atoms with van der Waals surface area (Å²) < 4.78 is 10.0. The van der Waals surface area contributed by atoms with E-state index in [4.69, 9.17) is 9.47 Å². The average Bonchev–Trinajstić information content (AvgIpc) is 2.40. The number of ether oxygens (including phenoxy) is 2. The molecule has 1 atom stereocenters. The van der Waals surface area contributed by atoms with Crippen LogP contribution in [0, 0.1) is 0 Å². The number of carbonyl (C=O) groups is 1. The third-order valence-corrected chi connectivity index (χ3v) is 2.54. The van der Waals surface area contributed by atoms with Crippen molar-refractivity contribution in [2.75, 3.05) is 26.9 Å². The summed E-state index contributed by atoms with van der Waals surface area (Å²) in [6, 6.07) is 0. The Balaban J connectivity index is 2.90. The highest BCUT2D eigenvalue weighted by molar-refractivity contribution is 5.81. The first kappa shape index (κ1) is 14.5. The van der Waals surface area contributed by atoms with Crippen molar-refractivity contribution < 1.29 is 14.3 Å². The second kappa shape index (κ2) is 7.03. The first-order valence-corrected chi connectivity index (χ1v) is 5.82. The van der Waals surface area contributed by atoms with E-state index in [1.54, 1.807) is 39.5 Å². The molecule has 0 spiro atoms. The normalized spacial score (nSPS) is 13.9. The highest BCUT2D eigenvalue weighted by Crippen LogP contribution is 2.19. The van der Waals surface area contributed by atoms with Gasteiger partial charge in [0.05, 0.1) is 25.1 Å². The van der Waals surface area contributed by atoms with Crippen LogP contribution in [-0.4, -0.2) is 42.8 Å². The van der Waals surface area contributed by atoms with Crippen LogP contribution in [0.5, 0.6) is 0 Å². The zero-order valence-electron chi connectivity index (χ0n) is 11.0. The van der Waals surface area contributed by atoms with E-state index in [2.05, 4.69) is 15.3 Å². The number of hydrogen-bond donors (Lipinski definition) is 1. The van der Waals surface area contributed by atoms with E-state index >= 15 is 0 Å². The van der Waals surface area contributed by atoms with Gasteiger partial charge in [0, 0.05) is 26.0 Å². The Bertz CT molecular complexity index is 372. The number of hydrogen-bond acceptors (Lipinski definition) is 6. The van der Waals surface area contributed by atoms with Gasteiger partial charge in [-0.15, -0.1) is 0 Å². The largest absolute Gasteiger partial charge is 0.464 e. The molecule has 1 heterocycles. The summed E-state index contributed by atoms with van der Waals surface area (Å²) in [5.74, 6) is -0.374. The zero-order chi connectivity index (χ0) is 13.4. The van der Waals surface area contributed by atoms with Crippen LogP contribution in [0.15, 0.2) is 18.6 Å². The first-order valence-electron chi connectivity index (χ1n) is 5.82. The van der Waals surface area contributed by atoms with Crippen LogP contribution >= 0.6 is 0 Å². The summed E-state index contributed by atoms with van der Waals surface area (Å²) >= 11 is 0. The van der Waals surface area contributed by atoms with Crippen LogP contribution in [0.3, 0.4) is 0 Å². The standard InChI is InChI=1S/C12H19N3O3/c1-4-18-11(16)12(2,15-7-8-17-3)10-9-13-5-6-14-10/h5-6,9,15H,4,7-8H2,1-3H3. The van der Waals surface area contributed by atoms with E-state index in [-0.39, 0.29) is 5.97 Å². The summed E-state index contributed by atoms with van der Waals surface area (Å²) in [7, 11) is 1.60. The van der Waals surface area contributed by atoms with Crippen LogP contribution in [0.4, 0.5) is 0 Å². The summed E-state index contributed by atoms with van der Waals surface area (Å²) in [5.41, 5.74) is -0.484. The lowest BCUT2D eigenvalue weighted by atomic mass is 9.98. The summed E-state index contributed by atoms with van der Waals surface area (Å²) in [6.07, 6.45) is 4.66. The summed E-state index contributed by atoms with van der Waals surface area (Å²) in [6.45, 7) is 4.83. The molecule has 1 unspecified atom stereocenters. The molecule has 1 aromatic rings. The van der Waals surface area contributed by atoms with Crippen molar-refractivity contribution in [3.05, 3.63) is 24.3 Å². The molecule has 1 aromatic heterocycles. The predicted octanol–water partition coefficient (Wildman–Crippen LogP) is 0.491. The topological polar surface area (TPSA) is 73.3 Å². The highest BCUT2D eigenvalue weighted by atomic mass is 16.5.